The van der Waals surface area contributed by atoms with E-state index in [1.54, 1.807) is 0 Å². The third-order valence-corrected chi connectivity index (χ3v) is 8.98. The predicted molar refractivity (Wildman–Crippen MR) is 180 cm³/mol. The van der Waals surface area contributed by atoms with Gasteiger partial charge in [-0.15, -0.1) is 0 Å². The van der Waals surface area contributed by atoms with Crippen LogP contribution in [0.2, 0.25) is 0 Å². The van der Waals surface area contributed by atoms with Crippen molar-refractivity contribution in [2.24, 2.45) is 0 Å². The zero-order chi connectivity index (χ0) is 29.9. The quantitative estimate of drug-likeness (QED) is 0.182. The molecule has 0 aromatic heterocycles. The van der Waals surface area contributed by atoms with E-state index in [0.717, 1.165) is 36.7 Å². The molecule has 42 heavy (non-hydrogen) atoms. The maximum absolute atomic E-state index is 6.19. The van der Waals surface area contributed by atoms with E-state index in [4.69, 9.17) is 9.31 Å². The minimum atomic E-state index is -0.329. The Balaban J connectivity index is 1.12. The molecule has 3 heteroatoms. The summed E-state index contributed by atoms with van der Waals surface area (Å²) in [6.07, 6.45) is 3.83. The number of hydrogen-bond acceptors (Lipinski definition) is 2. The average Bonchev–Trinajstić information content (AvgIpc) is 3.22. The number of benzene rings is 4. The standard InChI is InChI=1S/C39H43BO2/c1-28-8-12-31(13-9-28)14-10-29(2)33-18-22-35(23-19-33)36-24-20-34(21-25-36)30(3)11-15-32-16-26-37(27-17-32)40-41-38(4,5)39(6,7)42-40/h8-9,12-13,16-27H,2-3,10-11,14-15H2,1,4-7H3. The molecular weight excluding hydrogens is 511 g/mol. The first-order valence-corrected chi connectivity index (χ1v) is 15.1. The Labute approximate surface area is 253 Å². The molecular formula is C39H43BO2. The van der Waals surface area contributed by atoms with Crippen LogP contribution in [0.4, 0.5) is 0 Å². The molecule has 214 valence electrons. The Bertz CT molecular complexity index is 1510. The summed E-state index contributed by atoms with van der Waals surface area (Å²) in [5, 5.41) is 0. The SMILES string of the molecule is C=C(CCc1ccc(C)cc1)c1ccc(-c2ccc(C(=C)CCc3ccc(B4OC(C)(C)C(C)(C)O4)cc3)cc2)cc1. The van der Waals surface area contributed by atoms with Crippen LogP contribution in [0.15, 0.2) is 110 Å². The highest BCUT2D eigenvalue weighted by atomic mass is 16.7. The van der Waals surface area contributed by atoms with E-state index >= 15 is 0 Å². The normalized spacial score (nSPS) is 15.5. The fraction of sp³-hybridized carbons (Fsp3) is 0.282. The Kier molecular flexibility index (Phi) is 8.73. The second-order valence-electron chi connectivity index (χ2n) is 12.7. The second-order valence-corrected chi connectivity index (χ2v) is 12.7. The Hall–Kier alpha value is -3.66. The first-order chi connectivity index (χ1) is 20.0. The smallest absolute Gasteiger partial charge is 0.399 e. The van der Waals surface area contributed by atoms with Gasteiger partial charge in [0.25, 0.3) is 0 Å². The van der Waals surface area contributed by atoms with Crippen molar-refractivity contribution >= 4 is 23.7 Å². The van der Waals surface area contributed by atoms with Crippen LogP contribution in [0.5, 0.6) is 0 Å². The van der Waals surface area contributed by atoms with Crippen molar-refractivity contribution in [1.82, 2.24) is 0 Å². The van der Waals surface area contributed by atoms with Crippen LogP contribution in [0, 0.1) is 6.92 Å². The number of hydrogen-bond donors (Lipinski definition) is 0. The minimum Gasteiger partial charge on any atom is -0.399 e. The van der Waals surface area contributed by atoms with E-state index in [-0.39, 0.29) is 18.3 Å². The van der Waals surface area contributed by atoms with Gasteiger partial charge in [-0.25, -0.2) is 0 Å². The van der Waals surface area contributed by atoms with E-state index in [0.29, 0.717) is 0 Å². The molecule has 1 heterocycles. The van der Waals surface area contributed by atoms with Crippen molar-refractivity contribution in [3.05, 3.63) is 138 Å². The number of aryl methyl sites for hydroxylation is 3. The van der Waals surface area contributed by atoms with E-state index < -0.39 is 0 Å². The van der Waals surface area contributed by atoms with Crippen LogP contribution >= 0.6 is 0 Å². The van der Waals surface area contributed by atoms with Crippen LogP contribution in [0.25, 0.3) is 22.3 Å². The molecule has 0 atom stereocenters. The second kappa shape index (κ2) is 12.3. The molecule has 2 nitrogen and oxygen atoms in total. The molecule has 1 aliphatic heterocycles. The predicted octanol–water partition coefficient (Wildman–Crippen LogP) is 9.25. The topological polar surface area (TPSA) is 18.5 Å². The van der Waals surface area contributed by atoms with Crippen LogP contribution in [0.3, 0.4) is 0 Å². The summed E-state index contributed by atoms with van der Waals surface area (Å²) in [7, 11) is -0.323. The van der Waals surface area contributed by atoms with Crippen molar-refractivity contribution in [3.8, 4) is 11.1 Å². The Morgan fingerprint density at radius 2 is 0.952 bits per heavy atom. The van der Waals surface area contributed by atoms with Crippen LogP contribution in [-0.4, -0.2) is 18.3 Å². The van der Waals surface area contributed by atoms with Gasteiger partial charge in [-0.05, 0) is 110 Å². The molecule has 0 aliphatic carbocycles. The molecule has 0 unspecified atom stereocenters. The van der Waals surface area contributed by atoms with Gasteiger partial charge in [-0.1, -0.05) is 116 Å². The van der Waals surface area contributed by atoms with E-state index in [2.05, 4.69) is 145 Å². The summed E-state index contributed by atoms with van der Waals surface area (Å²) >= 11 is 0. The first kappa shape index (κ1) is 29.8. The molecule has 5 rings (SSSR count). The van der Waals surface area contributed by atoms with E-state index in [1.807, 2.05) is 0 Å². The fourth-order valence-corrected chi connectivity index (χ4v) is 5.25. The lowest BCUT2D eigenvalue weighted by molar-refractivity contribution is 0.00578. The van der Waals surface area contributed by atoms with Crippen LogP contribution in [-0.2, 0) is 22.2 Å². The van der Waals surface area contributed by atoms with E-state index in [1.165, 1.54) is 44.5 Å². The van der Waals surface area contributed by atoms with Crippen molar-refractivity contribution in [2.75, 3.05) is 0 Å². The van der Waals surface area contributed by atoms with Crippen LogP contribution < -0.4 is 5.46 Å². The van der Waals surface area contributed by atoms with Crippen molar-refractivity contribution in [2.45, 2.75) is 71.5 Å². The third-order valence-electron chi connectivity index (χ3n) is 8.98. The summed E-state index contributed by atoms with van der Waals surface area (Å²) in [5.74, 6) is 0. The molecule has 0 bridgehead atoms. The lowest BCUT2D eigenvalue weighted by Crippen LogP contribution is -2.41. The monoisotopic (exact) mass is 554 g/mol. The molecule has 0 saturated carbocycles. The highest BCUT2D eigenvalue weighted by Gasteiger charge is 2.51. The molecule has 1 fully saturated rings. The highest BCUT2D eigenvalue weighted by Crippen LogP contribution is 2.36. The van der Waals surface area contributed by atoms with Gasteiger partial charge in [-0.3, -0.25) is 0 Å². The lowest BCUT2D eigenvalue weighted by atomic mass is 9.78. The molecule has 1 saturated heterocycles. The maximum atomic E-state index is 6.19. The summed E-state index contributed by atoms with van der Waals surface area (Å²) in [4.78, 5) is 0. The molecule has 4 aromatic rings. The van der Waals surface area contributed by atoms with Gasteiger partial charge in [0.15, 0.2) is 0 Å². The minimum absolute atomic E-state index is 0.323. The molecule has 0 amide bonds. The summed E-state index contributed by atoms with van der Waals surface area (Å²) in [6.45, 7) is 19.2. The molecule has 4 aromatic carbocycles. The largest absolute Gasteiger partial charge is 0.494 e. The molecule has 0 radical (unpaired) electrons. The van der Waals surface area contributed by atoms with Gasteiger partial charge in [0.05, 0.1) is 11.2 Å². The number of allylic oxidation sites excluding steroid dienone is 2. The molecule has 0 spiro atoms. The maximum Gasteiger partial charge on any atom is 0.494 e. The molecule has 1 aliphatic rings. The van der Waals surface area contributed by atoms with Gasteiger partial charge in [0.1, 0.15) is 0 Å². The van der Waals surface area contributed by atoms with Gasteiger partial charge in [0.2, 0.25) is 0 Å². The fourth-order valence-electron chi connectivity index (χ4n) is 5.25. The van der Waals surface area contributed by atoms with Gasteiger partial charge >= 0.3 is 7.12 Å². The van der Waals surface area contributed by atoms with Crippen molar-refractivity contribution < 1.29 is 9.31 Å². The summed E-state index contributed by atoms with van der Waals surface area (Å²) < 4.78 is 12.4. The zero-order valence-corrected chi connectivity index (χ0v) is 25.9. The van der Waals surface area contributed by atoms with Gasteiger partial charge < -0.3 is 9.31 Å². The first-order valence-electron chi connectivity index (χ1n) is 15.1. The van der Waals surface area contributed by atoms with Crippen molar-refractivity contribution in [3.63, 3.8) is 0 Å². The van der Waals surface area contributed by atoms with Crippen LogP contribution in [0.1, 0.15) is 68.4 Å². The highest BCUT2D eigenvalue weighted by molar-refractivity contribution is 6.62. The van der Waals surface area contributed by atoms with Crippen molar-refractivity contribution in [1.29, 1.82) is 0 Å². The Morgan fingerprint density at radius 1 is 0.571 bits per heavy atom. The average molecular weight is 555 g/mol. The van der Waals surface area contributed by atoms with Gasteiger partial charge in [0, 0.05) is 0 Å². The molecule has 0 N–H and O–H groups in total. The lowest BCUT2D eigenvalue weighted by Gasteiger charge is -2.32. The zero-order valence-electron chi connectivity index (χ0n) is 25.9. The van der Waals surface area contributed by atoms with E-state index in [9.17, 15) is 0 Å². The summed E-state index contributed by atoms with van der Waals surface area (Å²) in [6, 6.07) is 34.9. The Morgan fingerprint density at radius 3 is 1.36 bits per heavy atom. The van der Waals surface area contributed by atoms with Gasteiger partial charge in [-0.2, -0.15) is 0 Å². The number of rotatable bonds is 10. The third kappa shape index (κ3) is 6.86. The summed E-state index contributed by atoms with van der Waals surface area (Å²) in [5.41, 5.74) is 11.5.